The molecule has 0 radical (unpaired) electrons. The number of carbonyl (C=O) groups is 2. The molecule has 0 aromatic carbocycles. The summed E-state index contributed by atoms with van der Waals surface area (Å²) in [6.07, 6.45) is 11.0. The summed E-state index contributed by atoms with van der Waals surface area (Å²) in [5.41, 5.74) is -0.480. The molecule has 0 heterocycles. The van der Waals surface area contributed by atoms with Crippen LogP contribution in [0.5, 0.6) is 0 Å². The van der Waals surface area contributed by atoms with Gasteiger partial charge in [-0.2, -0.15) is 0 Å². The average molecular weight is 465 g/mol. The second-order valence-corrected chi connectivity index (χ2v) is 14.6. The third-order valence-corrected chi connectivity index (χ3v) is 12.8. The van der Waals surface area contributed by atoms with Gasteiger partial charge in [-0.15, -0.1) is 0 Å². The van der Waals surface area contributed by atoms with Crippen LogP contribution in [0.4, 0.5) is 0 Å². The molecule has 0 aliphatic heterocycles. The Morgan fingerprint density at radius 2 is 1.24 bits per heavy atom. The molecule has 0 aromatic rings. The van der Waals surface area contributed by atoms with E-state index in [2.05, 4.69) is 12.2 Å². The number of carbonyl (C=O) groups excluding carboxylic acids is 2. The van der Waals surface area contributed by atoms with Crippen molar-refractivity contribution < 1.29 is 19.1 Å². The van der Waals surface area contributed by atoms with E-state index in [1.807, 2.05) is 20.8 Å². The van der Waals surface area contributed by atoms with Gasteiger partial charge in [-0.3, -0.25) is 9.59 Å². The molecule has 0 amide bonds. The Balaban J connectivity index is 1.11. The van der Waals surface area contributed by atoms with Gasteiger partial charge >= 0.3 is 11.9 Å². The molecular formula is C30H40O4. The van der Waals surface area contributed by atoms with Gasteiger partial charge in [-0.1, -0.05) is 12.2 Å². The van der Waals surface area contributed by atoms with E-state index in [1.165, 1.54) is 26.4 Å². The van der Waals surface area contributed by atoms with Crippen LogP contribution in [0.3, 0.4) is 0 Å². The van der Waals surface area contributed by atoms with Crippen LogP contribution in [-0.2, 0) is 19.1 Å². The highest BCUT2D eigenvalue weighted by Crippen LogP contribution is 2.81. The van der Waals surface area contributed by atoms with Crippen LogP contribution in [0.25, 0.3) is 0 Å². The fourth-order valence-corrected chi connectivity index (χ4v) is 13.0. The first kappa shape index (κ1) is 20.8. The van der Waals surface area contributed by atoms with Crippen molar-refractivity contribution in [3.05, 3.63) is 12.2 Å². The minimum atomic E-state index is -0.480. The third kappa shape index (κ3) is 2.37. The zero-order chi connectivity index (χ0) is 23.3. The number of hydrogen-bond acceptors (Lipinski definition) is 4. The van der Waals surface area contributed by atoms with Crippen LogP contribution in [0, 0.1) is 94.7 Å². The van der Waals surface area contributed by atoms with E-state index in [-0.39, 0.29) is 23.8 Å². The average Bonchev–Trinajstić information content (AvgIpc) is 3.57. The summed E-state index contributed by atoms with van der Waals surface area (Å²) in [5, 5.41) is 0. The molecule has 16 atom stereocenters. The molecule has 7 saturated carbocycles. The van der Waals surface area contributed by atoms with Gasteiger partial charge < -0.3 is 9.47 Å². The summed E-state index contributed by atoms with van der Waals surface area (Å²) < 4.78 is 11.1. The van der Waals surface area contributed by atoms with Crippen LogP contribution in [-0.4, -0.2) is 24.6 Å². The second kappa shape index (κ2) is 6.51. The summed E-state index contributed by atoms with van der Waals surface area (Å²) in [4.78, 5) is 26.0. The van der Waals surface area contributed by atoms with Crippen molar-refractivity contribution in [3.63, 3.8) is 0 Å². The molecule has 184 valence electrons. The van der Waals surface area contributed by atoms with Crippen LogP contribution < -0.4 is 0 Å². The Labute approximate surface area is 203 Å². The van der Waals surface area contributed by atoms with Gasteiger partial charge in [-0.05, 0) is 135 Å². The zero-order valence-corrected chi connectivity index (χ0v) is 21.1. The molecule has 4 heteroatoms. The van der Waals surface area contributed by atoms with Gasteiger partial charge in [0.2, 0.25) is 0 Å². The number of esters is 2. The van der Waals surface area contributed by atoms with Crippen LogP contribution in [0.15, 0.2) is 12.2 Å². The monoisotopic (exact) mass is 464 g/mol. The summed E-state index contributed by atoms with van der Waals surface area (Å²) in [5.74, 6) is 11.4. The maximum absolute atomic E-state index is 13.1. The van der Waals surface area contributed by atoms with E-state index >= 15 is 0 Å². The van der Waals surface area contributed by atoms with Crippen LogP contribution in [0.2, 0.25) is 0 Å². The maximum atomic E-state index is 13.1. The number of allylic oxidation sites excluding steroid dienone is 2. The predicted octanol–water partition coefficient (Wildman–Crippen LogP) is 4.98. The van der Waals surface area contributed by atoms with Crippen molar-refractivity contribution >= 4 is 11.9 Å². The SMILES string of the molecule is COC(=O)C1C(CC(=O)OC(C)(C)C)C2CC1C1C3CC(C21)C1C2CC(C4C5C=CC(C5)C24)C31. The first-order valence-electron chi connectivity index (χ1n) is 14.2. The van der Waals surface area contributed by atoms with Crippen molar-refractivity contribution in [3.8, 4) is 0 Å². The highest BCUT2D eigenvalue weighted by molar-refractivity contribution is 5.76. The third-order valence-electron chi connectivity index (χ3n) is 12.8. The molecule has 0 spiro atoms. The maximum Gasteiger partial charge on any atom is 0.309 e. The molecule has 34 heavy (non-hydrogen) atoms. The fraction of sp³-hybridized carbons (Fsp3) is 0.867. The van der Waals surface area contributed by atoms with E-state index in [1.54, 1.807) is 0 Å². The van der Waals surface area contributed by atoms with Crippen LogP contribution in [0.1, 0.15) is 52.9 Å². The Bertz CT molecular complexity index is 977. The number of rotatable bonds is 3. The van der Waals surface area contributed by atoms with Gasteiger partial charge in [0.05, 0.1) is 13.0 Å². The highest BCUT2D eigenvalue weighted by atomic mass is 16.6. The lowest BCUT2D eigenvalue weighted by Gasteiger charge is -2.51. The Morgan fingerprint density at radius 1 is 0.735 bits per heavy atom. The molecule has 8 rings (SSSR count). The van der Waals surface area contributed by atoms with E-state index in [0.29, 0.717) is 24.2 Å². The molecule has 8 aliphatic carbocycles. The van der Waals surface area contributed by atoms with Crippen molar-refractivity contribution in [1.82, 2.24) is 0 Å². The Kier molecular flexibility index (Phi) is 3.99. The molecule has 16 unspecified atom stereocenters. The number of hydrogen-bond donors (Lipinski definition) is 0. The van der Waals surface area contributed by atoms with Crippen molar-refractivity contribution in [1.29, 1.82) is 0 Å². The first-order chi connectivity index (χ1) is 16.3. The van der Waals surface area contributed by atoms with Crippen molar-refractivity contribution in [2.45, 2.75) is 58.5 Å². The quantitative estimate of drug-likeness (QED) is 0.336. The van der Waals surface area contributed by atoms with Gasteiger partial charge in [0.1, 0.15) is 5.60 Å². The van der Waals surface area contributed by atoms with E-state index < -0.39 is 5.60 Å². The molecule has 8 bridgehead atoms. The molecule has 0 aromatic heterocycles. The van der Waals surface area contributed by atoms with Crippen LogP contribution >= 0.6 is 0 Å². The fourth-order valence-electron chi connectivity index (χ4n) is 13.0. The largest absolute Gasteiger partial charge is 0.469 e. The predicted molar refractivity (Wildman–Crippen MR) is 126 cm³/mol. The molecule has 7 fully saturated rings. The molecule has 0 saturated heterocycles. The number of ether oxygens (including phenoxy) is 2. The lowest BCUT2D eigenvalue weighted by Crippen LogP contribution is -2.50. The highest BCUT2D eigenvalue weighted by Gasteiger charge is 2.77. The normalized spacial score (nSPS) is 58.4. The van der Waals surface area contributed by atoms with Gasteiger partial charge in [0.25, 0.3) is 0 Å². The minimum Gasteiger partial charge on any atom is -0.469 e. The minimum absolute atomic E-state index is 0.0647. The Morgan fingerprint density at radius 3 is 1.79 bits per heavy atom. The number of fused-ring (bicyclic) bond motifs is 23. The van der Waals surface area contributed by atoms with E-state index in [4.69, 9.17) is 9.47 Å². The van der Waals surface area contributed by atoms with Crippen molar-refractivity contribution in [2.75, 3.05) is 7.11 Å². The molecule has 4 nitrogen and oxygen atoms in total. The van der Waals surface area contributed by atoms with Gasteiger partial charge in [-0.25, -0.2) is 0 Å². The molecule has 8 aliphatic rings. The Hall–Kier alpha value is -1.32. The zero-order valence-electron chi connectivity index (χ0n) is 21.1. The lowest BCUT2D eigenvalue weighted by molar-refractivity contribution is -0.161. The summed E-state index contributed by atoms with van der Waals surface area (Å²) in [6, 6.07) is 0. The standard InChI is InChI=1S/C30H40O4/c1-30(2,3)34-21(31)11-15-14-8-20(28(15)29(32)33-4)27-19-10-18(24(14)27)25-16-9-17(26(19)25)23-13-6-5-12(7-13)22(16)23/h5-6,12-20,22-28H,7-11H2,1-4H3. The molecule has 0 N–H and O–H groups in total. The lowest BCUT2D eigenvalue weighted by atomic mass is 9.53. The van der Waals surface area contributed by atoms with E-state index in [9.17, 15) is 9.59 Å². The smallest absolute Gasteiger partial charge is 0.309 e. The second-order valence-electron chi connectivity index (χ2n) is 14.6. The summed E-state index contributed by atoms with van der Waals surface area (Å²) in [7, 11) is 1.53. The van der Waals surface area contributed by atoms with Crippen molar-refractivity contribution in [2.24, 2.45) is 94.7 Å². The number of methoxy groups -OCH3 is 1. The summed E-state index contributed by atoms with van der Waals surface area (Å²) in [6.45, 7) is 5.80. The topological polar surface area (TPSA) is 52.6 Å². The molecular weight excluding hydrogens is 424 g/mol. The van der Waals surface area contributed by atoms with Gasteiger partial charge in [0.15, 0.2) is 0 Å². The van der Waals surface area contributed by atoms with Gasteiger partial charge in [0, 0.05) is 6.42 Å². The summed E-state index contributed by atoms with van der Waals surface area (Å²) >= 11 is 0. The van der Waals surface area contributed by atoms with E-state index in [0.717, 1.165) is 71.5 Å². The first-order valence-corrected chi connectivity index (χ1v) is 14.2.